The molecule has 4 rings (SSSR count). The van der Waals surface area contributed by atoms with E-state index in [1.165, 1.54) is 18.2 Å². The number of hydrogen-bond donors (Lipinski definition) is 3. The molecule has 0 fully saturated rings. The van der Waals surface area contributed by atoms with Crippen molar-refractivity contribution in [1.29, 1.82) is 0 Å². The number of anilines is 1. The molecular formula is C18H13ClN6O5S2. The average Bonchev–Trinajstić information content (AvgIpc) is 3.21. The first kappa shape index (κ1) is 21.7. The third-order valence-electron chi connectivity index (χ3n) is 4.34. The van der Waals surface area contributed by atoms with Crippen LogP contribution < -0.4 is 21.3 Å². The molecule has 0 aliphatic heterocycles. The number of thiophene rings is 1. The van der Waals surface area contributed by atoms with Crippen LogP contribution in [0.4, 0.5) is 5.69 Å². The van der Waals surface area contributed by atoms with E-state index in [0.29, 0.717) is 11.2 Å². The fraction of sp³-hybridized carbons (Fsp3) is 0.0556. The third kappa shape index (κ3) is 4.00. The molecule has 0 spiro atoms. The summed E-state index contributed by atoms with van der Waals surface area (Å²) < 4.78 is 27.2. The Morgan fingerprint density at radius 2 is 1.91 bits per heavy atom. The highest BCUT2D eigenvalue weighted by atomic mass is 35.5. The zero-order chi connectivity index (χ0) is 23.0. The molecule has 0 bridgehead atoms. The van der Waals surface area contributed by atoms with Crippen molar-refractivity contribution >= 4 is 55.5 Å². The number of carbonyl (C=O) groups is 1. The van der Waals surface area contributed by atoms with Gasteiger partial charge in [0.2, 0.25) is 0 Å². The molecular weight excluding hydrogens is 480 g/mol. The Morgan fingerprint density at radius 1 is 1.12 bits per heavy atom. The number of aromatic amines is 1. The lowest BCUT2D eigenvalue weighted by Crippen LogP contribution is -2.35. The maximum atomic E-state index is 12.8. The van der Waals surface area contributed by atoms with Crippen LogP contribution in [0.1, 0.15) is 10.5 Å². The van der Waals surface area contributed by atoms with Crippen molar-refractivity contribution in [3.8, 4) is 5.82 Å². The monoisotopic (exact) mass is 492 g/mol. The minimum atomic E-state index is -4.14. The molecule has 0 aliphatic carbocycles. The summed E-state index contributed by atoms with van der Waals surface area (Å²) in [6.07, 6.45) is 0. The third-order valence-corrected chi connectivity index (χ3v) is 7.39. The number of H-pyrrole nitrogens is 1. The second-order valence-corrected chi connectivity index (χ2v) is 9.98. The van der Waals surface area contributed by atoms with Crippen molar-refractivity contribution in [1.82, 2.24) is 24.5 Å². The fourth-order valence-electron chi connectivity index (χ4n) is 2.81. The van der Waals surface area contributed by atoms with Gasteiger partial charge in [0.15, 0.2) is 11.5 Å². The van der Waals surface area contributed by atoms with E-state index in [2.05, 4.69) is 20.5 Å². The van der Waals surface area contributed by atoms with Crippen LogP contribution in [0.25, 0.3) is 16.7 Å². The molecule has 4 aromatic rings. The van der Waals surface area contributed by atoms with Gasteiger partial charge in [-0.1, -0.05) is 11.6 Å². The van der Waals surface area contributed by atoms with Crippen LogP contribution in [0, 0.1) is 0 Å². The molecule has 3 heterocycles. The van der Waals surface area contributed by atoms with Gasteiger partial charge in [-0.05, 0) is 42.5 Å². The molecule has 1 aromatic carbocycles. The Kier molecular flexibility index (Phi) is 5.54. The van der Waals surface area contributed by atoms with Crippen LogP contribution >= 0.6 is 22.9 Å². The van der Waals surface area contributed by atoms with Gasteiger partial charge in [0, 0.05) is 12.7 Å². The van der Waals surface area contributed by atoms with Crippen LogP contribution in [0.2, 0.25) is 4.34 Å². The maximum Gasteiger partial charge on any atom is 0.334 e. The second-order valence-electron chi connectivity index (χ2n) is 6.35. The van der Waals surface area contributed by atoms with Crippen molar-refractivity contribution in [2.24, 2.45) is 0 Å². The van der Waals surface area contributed by atoms with E-state index in [1.54, 1.807) is 25.2 Å². The summed E-state index contributed by atoms with van der Waals surface area (Å²) in [6.45, 7) is 0. The van der Waals surface area contributed by atoms with E-state index in [4.69, 9.17) is 11.6 Å². The Bertz CT molecular complexity index is 1570. The summed E-state index contributed by atoms with van der Waals surface area (Å²) in [4.78, 5) is 40.2. The first-order valence-corrected chi connectivity index (χ1v) is 11.5. The molecule has 14 heteroatoms. The van der Waals surface area contributed by atoms with Crippen LogP contribution in [-0.4, -0.2) is 41.1 Å². The summed E-state index contributed by atoms with van der Waals surface area (Å²) in [5, 5.41) is 10.6. The van der Waals surface area contributed by atoms with E-state index >= 15 is 0 Å². The highest BCUT2D eigenvalue weighted by Gasteiger charge is 2.22. The summed E-state index contributed by atoms with van der Waals surface area (Å²) >= 11 is 6.52. The second kappa shape index (κ2) is 8.18. The number of hydrogen-bond acceptors (Lipinski definition) is 9. The smallest absolute Gasteiger partial charge is 0.334 e. The number of amides is 1. The molecule has 0 atom stereocenters. The van der Waals surface area contributed by atoms with Crippen molar-refractivity contribution in [2.45, 2.75) is 4.21 Å². The molecule has 3 N–H and O–H groups in total. The SMILES string of the molecule is CNc1ccc2c(=O)n(-c3ccc(C(=O)NS(=O)(=O)c4ccc(Cl)s4)nn3)c(=O)[nH]c2c1. The molecule has 1 amide bonds. The number of halogens is 1. The average molecular weight is 493 g/mol. The first-order valence-electron chi connectivity index (χ1n) is 8.83. The van der Waals surface area contributed by atoms with Gasteiger partial charge in [-0.2, -0.15) is 0 Å². The normalized spacial score (nSPS) is 11.4. The number of aromatic nitrogens is 4. The van der Waals surface area contributed by atoms with E-state index in [-0.39, 0.29) is 25.4 Å². The Labute approximate surface area is 188 Å². The lowest BCUT2D eigenvalue weighted by atomic mass is 10.2. The van der Waals surface area contributed by atoms with Crippen LogP contribution in [0.5, 0.6) is 0 Å². The zero-order valence-corrected chi connectivity index (χ0v) is 18.5. The first-order chi connectivity index (χ1) is 15.2. The molecule has 0 unspecified atom stereocenters. The standard InChI is InChI=1S/C18H13ClN6O5S2/c1-20-9-2-3-10-12(8-9)21-18(28)25(17(10)27)14-6-4-11(22-23-14)16(26)24-32(29,30)15-7-5-13(19)31-15/h2-8,20H,1H3,(H,21,28)(H,24,26). The summed E-state index contributed by atoms with van der Waals surface area (Å²) in [6, 6.07) is 9.84. The van der Waals surface area contributed by atoms with Crippen molar-refractivity contribution in [3.05, 3.63) is 73.3 Å². The molecule has 11 nitrogen and oxygen atoms in total. The molecule has 32 heavy (non-hydrogen) atoms. The minimum absolute atomic E-state index is 0.139. The van der Waals surface area contributed by atoms with Crippen LogP contribution in [-0.2, 0) is 10.0 Å². The molecule has 0 saturated carbocycles. The lowest BCUT2D eigenvalue weighted by molar-refractivity contribution is 0.0975. The highest BCUT2D eigenvalue weighted by Crippen LogP contribution is 2.25. The predicted octanol–water partition coefficient (Wildman–Crippen LogP) is 1.34. The largest absolute Gasteiger partial charge is 0.388 e. The molecule has 0 aliphatic rings. The van der Waals surface area contributed by atoms with Crippen molar-refractivity contribution < 1.29 is 13.2 Å². The molecule has 3 aromatic heterocycles. The maximum absolute atomic E-state index is 12.8. The highest BCUT2D eigenvalue weighted by molar-refractivity contribution is 7.92. The van der Waals surface area contributed by atoms with Crippen molar-refractivity contribution in [3.63, 3.8) is 0 Å². The Balaban J connectivity index is 1.65. The number of benzene rings is 1. The summed E-state index contributed by atoms with van der Waals surface area (Å²) in [7, 11) is -2.44. The zero-order valence-electron chi connectivity index (χ0n) is 16.1. The van der Waals surface area contributed by atoms with E-state index in [9.17, 15) is 22.8 Å². The predicted molar refractivity (Wildman–Crippen MR) is 119 cm³/mol. The fourth-order valence-corrected chi connectivity index (χ4v) is 5.26. The number of fused-ring (bicyclic) bond motifs is 1. The van der Waals surface area contributed by atoms with Gasteiger partial charge in [-0.3, -0.25) is 9.59 Å². The number of nitrogens with zero attached hydrogens (tertiary/aromatic N) is 3. The summed E-state index contributed by atoms with van der Waals surface area (Å²) in [5.41, 5.74) is -0.662. The van der Waals surface area contributed by atoms with E-state index < -0.39 is 27.2 Å². The van der Waals surface area contributed by atoms with E-state index in [1.807, 2.05) is 4.72 Å². The molecule has 0 saturated heterocycles. The number of rotatable bonds is 5. The number of sulfonamides is 1. The molecule has 164 valence electrons. The number of carbonyl (C=O) groups excluding carboxylic acids is 1. The summed E-state index contributed by atoms with van der Waals surface area (Å²) in [5.74, 6) is -1.17. The van der Waals surface area contributed by atoms with E-state index in [0.717, 1.165) is 22.0 Å². The Hall–Kier alpha value is -3.55. The lowest BCUT2D eigenvalue weighted by Gasteiger charge is -2.07. The van der Waals surface area contributed by atoms with Gasteiger partial charge >= 0.3 is 5.69 Å². The van der Waals surface area contributed by atoms with Crippen LogP contribution in [0.3, 0.4) is 0 Å². The molecule has 0 radical (unpaired) electrons. The Morgan fingerprint density at radius 3 is 2.53 bits per heavy atom. The quantitative estimate of drug-likeness (QED) is 0.377. The van der Waals surface area contributed by atoms with Gasteiger partial charge in [0.05, 0.1) is 15.2 Å². The van der Waals surface area contributed by atoms with Gasteiger partial charge in [-0.15, -0.1) is 21.5 Å². The van der Waals surface area contributed by atoms with Gasteiger partial charge in [0.25, 0.3) is 21.5 Å². The minimum Gasteiger partial charge on any atom is -0.388 e. The van der Waals surface area contributed by atoms with Crippen molar-refractivity contribution in [2.75, 3.05) is 12.4 Å². The topological polar surface area (TPSA) is 156 Å². The van der Waals surface area contributed by atoms with Crippen LogP contribution in [0.15, 0.2) is 56.3 Å². The van der Waals surface area contributed by atoms with Gasteiger partial charge in [0.1, 0.15) is 4.21 Å². The van der Waals surface area contributed by atoms with Gasteiger partial charge < -0.3 is 10.3 Å². The van der Waals surface area contributed by atoms with Gasteiger partial charge in [-0.25, -0.2) is 22.5 Å². The number of nitrogens with one attached hydrogen (secondary N) is 3.